The molecule has 0 saturated heterocycles. The number of amides is 1. The van der Waals surface area contributed by atoms with Gasteiger partial charge in [-0.2, -0.15) is 0 Å². The lowest BCUT2D eigenvalue weighted by atomic mass is 10.3. The van der Waals surface area contributed by atoms with E-state index in [4.69, 9.17) is 4.74 Å². The summed E-state index contributed by atoms with van der Waals surface area (Å²) >= 11 is 0. The topological polar surface area (TPSA) is 50.4 Å². The lowest BCUT2D eigenvalue weighted by Crippen LogP contribution is -2.33. The van der Waals surface area contributed by atoms with Gasteiger partial charge >= 0.3 is 0 Å². The summed E-state index contributed by atoms with van der Waals surface area (Å²) < 4.78 is 5.43. The van der Waals surface area contributed by atoms with Crippen molar-refractivity contribution in [1.82, 2.24) is 10.6 Å². The summed E-state index contributed by atoms with van der Waals surface area (Å²) in [5.74, 6) is 0.828. The standard InChI is InChI=1S/C11H16N2O2/c1-12-11(14)9-13-7-8-15-10-5-3-2-4-6-10/h2-6,13H,7-9H2,1H3,(H,12,14). The number of benzene rings is 1. The van der Waals surface area contributed by atoms with Crippen LogP contribution < -0.4 is 15.4 Å². The number of para-hydroxylation sites is 1. The quantitative estimate of drug-likeness (QED) is 0.665. The number of likely N-dealkylation sites (N-methyl/N-ethyl adjacent to an activating group) is 1. The van der Waals surface area contributed by atoms with Crippen molar-refractivity contribution in [3.8, 4) is 5.75 Å². The Kier molecular flexibility index (Phi) is 5.25. The maximum atomic E-state index is 10.8. The van der Waals surface area contributed by atoms with E-state index >= 15 is 0 Å². The Balaban J connectivity index is 2.05. The average Bonchev–Trinajstić information content (AvgIpc) is 2.29. The molecule has 82 valence electrons. The number of nitrogens with one attached hydrogen (secondary N) is 2. The van der Waals surface area contributed by atoms with Crippen LogP contribution in [0.25, 0.3) is 0 Å². The zero-order valence-electron chi connectivity index (χ0n) is 8.82. The summed E-state index contributed by atoms with van der Waals surface area (Å²) in [4.78, 5) is 10.8. The second-order valence-electron chi connectivity index (χ2n) is 3.01. The molecule has 0 unspecified atom stereocenters. The molecule has 1 aromatic carbocycles. The van der Waals surface area contributed by atoms with Gasteiger partial charge in [-0.3, -0.25) is 4.79 Å². The Hall–Kier alpha value is -1.55. The fourth-order valence-electron chi connectivity index (χ4n) is 1.05. The predicted octanol–water partition coefficient (Wildman–Crippen LogP) is 0.401. The summed E-state index contributed by atoms with van der Waals surface area (Å²) in [6.45, 7) is 1.54. The molecule has 0 fully saturated rings. The van der Waals surface area contributed by atoms with Crippen LogP contribution in [-0.2, 0) is 4.79 Å². The lowest BCUT2D eigenvalue weighted by Gasteiger charge is -2.06. The van der Waals surface area contributed by atoms with Crippen molar-refractivity contribution in [2.75, 3.05) is 26.7 Å². The van der Waals surface area contributed by atoms with E-state index in [1.54, 1.807) is 7.05 Å². The SMILES string of the molecule is CNC(=O)CNCCOc1ccccc1. The van der Waals surface area contributed by atoms with E-state index in [0.29, 0.717) is 19.7 Å². The minimum absolute atomic E-state index is 0.0188. The first kappa shape index (κ1) is 11.5. The molecular formula is C11H16N2O2. The molecule has 0 aromatic heterocycles. The average molecular weight is 208 g/mol. The van der Waals surface area contributed by atoms with Gasteiger partial charge in [0.25, 0.3) is 0 Å². The Bertz CT molecular complexity index is 288. The van der Waals surface area contributed by atoms with E-state index in [0.717, 1.165) is 5.75 Å². The monoisotopic (exact) mass is 208 g/mol. The molecule has 0 atom stereocenters. The van der Waals surface area contributed by atoms with Crippen LogP contribution in [0, 0.1) is 0 Å². The van der Waals surface area contributed by atoms with E-state index in [2.05, 4.69) is 10.6 Å². The van der Waals surface area contributed by atoms with Gasteiger partial charge in [0.05, 0.1) is 6.54 Å². The first-order chi connectivity index (χ1) is 7.33. The summed E-state index contributed by atoms with van der Waals surface area (Å²) in [5, 5.41) is 5.50. The van der Waals surface area contributed by atoms with E-state index in [9.17, 15) is 4.79 Å². The fourth-order valence-corrected chi connectivity index (χ4v) is 1.05. The van der Waals surface area contributed by atoms with Crippen LogP contribution in [0.1, 0.15) is 0 Å². The first-order valence-electron chi connectivity index (χ1n) is 4.92. The molecule has 15 heavy (non-hydrogen) atoms. The largest absolute Gasteiger partial charge is 0.492 e. The van der Waals surface area contributed by atoms with Crippen LogP contribution in [0.2, 0.25) is 0 Å². The van der Waals surface area contributed by atoms with Crippen molar-refractivity contribution in [1.29, 1.82) is 0 Å². The zero-order chi connectivity index (χ0) is 10.9. The lowest BCUT2D eigenvalue weighted by molar-refractivity contribution is -0.119. The molecule has 0 spiro atoms. The smallest absolute Gasteiger partial charge is 0.233 e. The molecule has 1 rings (SSSR count). The molecular weight excluding hydrogens is 192 g/mol. The number of rotatable bonds is 6. The predicted molar refractivity (Wildman–Crippen MR) is 58.9 cm³/mol. The van der Waals surface area contributed by atoms with E-state index < -0.39 is 0 Å². The second-order valence-corrected chi connectivity index (χ2v) is 3.01. The van der Waals surface area contributed by atoms with Crippen molar-refractivity contribution in [3.63, 3.8) is 0 Å². The third kappa shape index (κ3) is 5.02. The summed E-state index contributed by atoms with van der Waals surface area (Å²) in [6, 6.07) is 9.59. The molecule has 1 aromatic rings. The van der Waals surface area contributed by atoms with Gasteiger partial charge in [-0.05, 0) is 12.1 Å². The Morgan fingerprint density at radius 2 is 2.07 bits per heavy atom. The molecule has 0 radical (unpaired) electrons. The fraction of sp³-hybridized carbons (Fsp3) is 0.364. The van der Waals surface area contributed by atoms with Gasteiger partial charge in [-0.15, -0.1) is 0 Å². The highest BCUT2D eigenvalue weighted by Gasteiger charge is 1.95. The van der Waals surface area contributed by atoms with Crippen LogP contribution in [0.5, 0.6) is 5.75 Å². The summed E-state index contributed by atoms with van der Waals surface area (Å²) in [5.41, 5.74) is 0. The molecule has 0 aliphatic heterocycles. The van der Waals surface area contributed by atoms with Gasteiger partial charge in [0, 0.05) is 13.6 Å². The normalized spacial score (nSPS) is 9.67. The van der Waals surface area contributed by atoms with Gasteiger partial charge in [-0.1, -0.05) is 18.2 Å². The number of ether oxygens (including phenoxy) is 1. The second kappa shape index (κ2) is 6.84. The van der Waals surface area contributed by atoms with Crippen LogP contribution in [0.15, 0.2) is 30.3 Å². The highest BCUT2D eigenvalue weighted by atomic mass is 16.5. The molecule has 2 N–H and O–H groups in total. The van der Waals surface area contributed by atoms with E-state index in [1.807, 2.05) is 30.3 Å². The zero-order valence-corrected chi connectivity index (χ0v) is 8.82. The van der Waals surface area contributed by atoms with E-state index in [-0.39, 0.29) is 5.91 Å². The number of hydrogen-bond acceptors (Lipinski definition) is 3. The van der Waals surface area contributed by atoms with E-state index in [1.165, 1.54) is 0 Å². The van der Waals surface area contributed by atoms with Gasteiger partial charge in [0.1, 0.15) is 12.4 Å². The maximum Gasteiger partial charge on any atom is 0.233 e. The Morgan fingerprint density at radius 1 is 1.33 bits per heavy atom. The van der Waals surface area contributed by atoms with Crippen LogP contribution in [0.3, 0.4) is 0 Å². The molecule has 0 heterocycles. The molecule has 0 bridgehead atoms. The molecule has 0 aliphatic rings. The van der Waals surface area contributed by atoms with Gasteiger partial charge in [0.2, 0.25) is 5.91 Å². The summed E-state index contributed by atoms with van der Waals surface area (Å²) in [7, 11) is 1.62. The third-order valence-electron chi connectivity index (χ3n) is 1.86. The van der Waals surface area contributed by atoms with Crippen LogP contribution >= 0.6 is 0 Å². The van der Waals surface area contributed by atoms with Gasteiger partial charge < -0.3 is 15.4 Å². The van der Waals surface area contributed by atoms with Crippen molar-refractivity contribution in [2.45, 2.75) is 0 Å². The number of hydrogen-bond donors (Lipinski definition) is 2. The van der Waals surface area contributed by atoms with Gasteiger partial charge in [0.15, 0.2) is 0 Å². The van der Waals surface area contributed by atoms with Crippen LogP contribution in [-0.4, -0.2) is 32.7 Å². The number of carbonyl (C=O) groups is 1. The highest BCUT2D eigenvalue weighted by Crippen LogP contribution is 2.07. The minimum Gasteiger partial charge on any atom is -0.492 e. The van der Waals surface area contributed by atoms with Crippen molar-refractivity contribution < 1.29 is 9.53 Å². The summed E-state index contributed by atoms with van der Waals surface area (Å²) in [6.07, 6.45) is 0. The van der Waals surface area contributed by atoms with Crippen molar-refractivity contribution in [2.24, 2.45) is 0 Å². The number of carbonyl (C=O) groups excluding carboxylic acids is 1. The molecule has 4 nitrogen and oxygen atoms in total. The Morgan fingerprint density at radius 3 is 2.73 bits per heavy atom. The molecule has 0 saturated carbocycles. The highest BCUT2D eigenvalue weighted by molar-refractivity contribution is 5.77. The molecule has 0 aliphatic carbocycles. The van der Waals surface area contributed by atoms with Crippen molar-refractivity contribution in [3.05, 3.63) is 30.3 Å². The van der Waals surface area contributed by atoms with Crippen LogP contribution in [0.4, 0.5) is 0 Å². The Labute approximate surface area is 89.6 Å². The molecule has 1 amide bonds. The van der Waals surface area contributed by atoms with Gasteiger partial charge in [-0.25, -0.2) is 0 Å². The minimum atomic E-state index is -0.0188. The molecule has 4 heteroatoms. The maximum absolute atomic E-state index is 10.8. The third-order valence-corrected chi connectivity index (χ3v) is 1.86. The first-order valence-corrected chi connectivity index (χ1v) is 4.92. The van der Waals surface area contributed by atoms with Crippen molar-refractivity contribution >= 4 is 5.91 Å².